The van der Waals surface area contributed by atoms with Crippen molar-refractivity contribution in [2.75, 3.05) is 0 Å². The largest absolute Gasteiger partial charge is 0.459 e. The van der Waals surface area contributed by atoms with Crippen molar-refractivity contribution in [3.8, 4) is 0 Å². The molecule has 2 aromatic carbocycles. The second kappa shape index (κ2) is 7.86. The second-order valence-corrected chi connectivity index (χ2v) is 7.33. The van der Waals surface area contributed by atoms with E-state index in [1.165, 1.54) is 10.6 Å². The van der Waals surface area contributed by atoms with Crippen LogP contribution in [0.4, 0.5) is 0 Å². The molecule has 2 heterocycles. The van der Waals surface area contributed by atoms with E-state index in [0.29, 0.717) is 5.76 Å². The summed E-state index contributed by atoms with van der Waals surface area (Å²) in [4.78, 5) is 24.7. The van der Waals surface area contributed by atoms with Crippen LogP contribution in [0, 0.1) is 0 Å². The molecule has 0 bridgehead atoms. The minimum absolute atomic E-state index is 0.0815. The molecule has 5 nitrogen and oxygen atoms in total. The van der Waals surface area contributed by atoms with E-state index in [9.17, 15) is 9.59 Å². The molecule has 0 saturated carbocycles. The summed E-state index contributed by atoms with van der Waals surface area (Å²) in [5, 5.41) is 3.97. The highest BCUT2D eigenvalue weighted by atomic mass is 79.9. The Morgan fingerprint density at radius 1 is 1.04 bits per heavy atom. The highest BCUT2D eigenvalue weighted by Crippen LogP contribution is 2.28. The van der Waals surface area contributed by atoms with Gasteiger partial charge in [-0.3, -0.25) is 9.59 Å². The fraction of sp³-hybridized carbons (Fsp3) is 0.0909. The fourth-order valence-corrected chi connectivity index (χ4v) is 3.48. The predicted molar refractivity (Wildman–Crippen MR) is 111 cm³/mol. The standard InChI is InChI=1S/C22H17BrN2O3/c23-17-10-11-21(27)25(13-17)14-20(26)24-22(15-6-2-1-3-7-15)19-12-16-8-4-5-9-18(16)28-19/h1-13,22H,14H2,(H,24,26)/t22-/m0/s1. The Morgan fingerprint density at radius 2 is 1.79 bits per heavy atom. The average Bonchev–Trinajstić information content (AvgIpc) is 3.13. The number of carbonyl (C=O) groups excluding carboxylic acids is 1. The van der Waals surface area contributed by atoms with Crippen molar-refractivity contribution in [2.24, 2.45) is 0 Å². The van der Waals surface area contributed by atoms with Gasteiger partial charge in [-0.2, -0.15) is 0 Å². The lowest BCUT2D eigenvalue weighted by atomic mass is 10.0. The molecule has 28 heavy (non-hydrogen) atoms. The molecular formula is C22H17BrN2O3. The van der Waals surface area contributed by atoms with Gasteiger partial charge in [0.05, 0.1) is 0 Å². The Labute approximate surface area is 169 Å². The maximum Gasteiger partial charge on any atom is 0.251 e. The number of hydrogen-bond acceptors (Lipinski definition) is 3. The molecule has 0 unspecified atom stereocenters. The van der Waals surface area contributed by atoms with Crippen molar-refractivity contribution in [1.82, 2.24) is 9.88 Å². The summed E-state index contributed by atoms with van der Waals surface area (Å²) in [6, 6.07) is 21.9. The molecule has 1 amide bonds. The van der Waals surface area contributed by atoms with Crippen LogP contribution in [0.25, 0.3) is 11.0 Å². The van der Waals surface area contributed by atoms with E-state index in [4.69, 9.17) is 4.42 Å². The SMILES string of the molecule is O=C(Cn1cc(Br)ccc1=O)N[C@@H](c1ccccc1)c1cc2ccccc2o1. The van der Waals surface area contributed by atoms with Gasteiger partial charge >= 0.3 is 0 Å². The summed E-state index contributed by atoms with van der Waals surface area (Å²) in [7, 11) is 0. The van der Waals surface area contributed by atoms with Crippen molar-refractivity contribution in [1.29, 1.82) is 0 Å². The quantitative estimate of drug-likeness (QED) is 0.508. The van der Waals surface area contributed by atoms with E-state index in [-0.39, 0.29) is 18.0 Å². The zero-order valence-corrected chi connectivity index (χ0v) is 16.4. The molecule has 6 heteroatoms. The molecule has 4 rings (SSSR count). The van der Waals surface area contributed by atoms with Gasteiger partial charge in [0.2, 0.25) is 5.91 Å². The van der Waals surface area contributed by atoms with Gasteiger partial charge in [0.15, 0.2) is 0 Å². The Morgan fingerprint density at radius 3 is 2.57 bits per heavy atom. The molecule has 2 aromatic heterocycles. The number of nitrogens with zero attached hydrogens (tertiary/aromatic N) is 1. The first-order valence-corrected chi connectivity index (χ1v) is 9.58. The summed E-state index contributed by atoms with van der Waals surface area (Å²) in [5.41, 5.74) is 1.42. The zero-order chi connectivity index (χ0) is 19.5. The minimum Gasteiger partial charge on any atom is -0.459 e. The van der Waals surface area contributed by atoms with E-state index in [0.717, 1.165) is 21.0 Å². The Kier molecular flexibility index (Phi) is 5.12. The summed E-state index contributed by atoms with van der Waals surface area (Å²) in [6.45, 7) is -0.0815. The highest BCUT2D eigenvalue weighted by molar-refractivity contribution is 9.10. The van der Waals surface area contributed by atoms with Crippen LogP contribution in [0.2, 0.25) is 0 Å². The normalized spacial score (nSPS) is 12.0. The molecule has 0 saturated heterocycles. The molecule has 0 aliphatic carbocycles. The Hall–Kier alpha value is -3.12. The number of furan rings is 1. The number of hydrogen-bond donors (Lipinski definition) is 1. The number of carbonyl (C=O) groups is 1. The van der Waals surface area contributed by atoms with Crippen molar-refractivity contribution in [2.45, 2.75) is 12.6 Å². The number of benzene rings is 2. The number of fused-ring (bicyclic) bond motifs is 1. The van der Waals surface area contributed by atoms with Gasteiger partial charge in [-0.05, 0) is 39.7 Å². The van der Waals surface area contributed by atoms with Crippen LogP contribution in [0.15, 0.2) is 92.7 Å². The van der Waals surface area contributed by atoms with Crippen molar-refractivity contribution >= 4 is 32.8 Å². The van der Waals surface area contributed by atoms with Crippen molar-refractivity contribution < 1.29 is 9.21 Å². The van der Waals surface area contributed by atoms with Gasteiger partial charge in [-0.25, -0.2) is 0 Å². The number of rotatable bonds is 5. The topological polar surface area (TPSA) is 64.2 Å². The van der Waals surface area contributed by atoms with E-state index in [1.807, 2.05) is 60.7 Å². The Bertz CT molecular complexity index is 1150. The summed E-state index contributed by atoms with van der Waals surface area (Å²) >= 11 is 3.32. The van der Waals surface area contributed by atoms with Gasteiger partial charge in [-0.1, -0.05) is 48.5 Å². The first-order chi connectivity index (χ1) is 13.6. The van der Waals surface area contributed by atoms with E-state index in [1.54, 1.807) is 12.3 Å². The van der Waals surface area contributed by atoms with Crippen LogP contribution in [-0.2, 0) is 11.3 Å². The zero-order valence-electron chi connectivity index (χ0n) is 14.8. The summed E-state index contributed by atoms with van der Waals surface area (Å²) in [6.07, 6.45) is 1.60. The second-order valence-electron chi connectivity index (χ2n) is 6.41. The van der Waals surface area contributed by atoms with Crippen LogP contribution in [0.3, 0.4) is 0 Å². The number of para-hydroxylation sites is 1. The van der Waals surface area contributed by atoms with Gasteiger partial charge in [0.25, 0.3) is 5.56 Å². The lowest BCUT2D eigenvalue weighted by molar-refractivity contribution is -0.122. The summed E-state index contributed by atoms with van der Waals surface area (Å²) < 4.78 is 8.08. The molecule has 0 aliphatic rings. The van der Waals surface area contributed by atoms with Crippen LogP contribution in [-0.4, -0.2) is 10.5 Å². The van der Waals surface area contributed by atoms with Crippen LogP contribution >= 0.6 is 15.9 Å². The van der Waals surface area contributed by atoms with Gasteiger partial charge < -0.3 is 14.3 Å². The van der Waals surface area contributed by atoms with Gasteiger partial charge in [0.1, 0.15) is 23.9 Å². The highest BCUT2D eigenvalue weighted by Gasteiger charge is 2.21. The lowest BCUT2D eigenvalue weighted by Gasteiger charge is -2.17. The molecule has 4 aromatic rings. The lowest BCUT2D eigenvalue weighted by Crippen LogP contribution is -2.34. The predicted octanol–water partition coefficient (Wildman–Crippen LogP) is 4.26. The molecule has 140 valence electrons. The first kappa shape index (κ1) is 18.3. The molecule has 1 N–H and O–H groups in total. The monoisotopic (exact) mass is 436 g/mol. The average molecular weight is 437 g/mol. The molecule has 0 radical (unpaired) electrons. The third-order valence-electron chi connectivity index (χ3n) is 4.43. The van der Waals surface area contributed by atoms with Gasteiger partial charge in [0, 0.05) is 22.1 Å². The Balaban J connectivity index is 1.65. The van der Waals surface area contributed by atoms with E-state index in [2.05, 4.69) is 21.2 Å². The van der Waals surface area contributed by atoms with Crippen LogP contribution in [0.1, 0.15) is 17.4 Å². The number of aromatic nitrogens is 1. The van der Waals surface area contributed by atoms with Crippen LogP contribution < -0.4 is 10.9 Å². The maximum atomic E-state index is 12.7. The maximum absolute atomic E-state index is 12.7. The van der Waals surface area contributed by atoms with E-state index >= 15 is 0 Å². The third kappa shape index (κ3) is 3.92. The number of nitrogens with one attached hydrogen (secondary N) is 1. The first-order valence-electron chi connectivity index (χ1n) is 8.79. The number of amides is 1. The third-order valence-corrected chi connectivity index (χ3v) is 4.90. The molecule has 0 aliphatic heterocycles. The summed E-state index contributed by atoms with van der Waals surface area (Å²) in [5.74, 6) is 0.358. The van der Waals surface area contributed by atoms with Gasteiger partial charge in [-0.15, -0.1) is 0 Å². The smallest absolute Gasteiger partial charge is 0.251 e. The molecular weight excluding hydrogens is 420 g/mol. The molecule has 0 spiro atoms. The van der Waals surface area contributed by atoms with Crippen molar-refractivity contribution in [3.05, 3.63) is 105 Å². The minimum atomic E-state index is -0.455. The fourth-order valence-electron chi connectivity index (χ4n) is 3.10. The number of halogens is 1. The molecule has 0 fully saturated rings. The number of pyridine rings is 1. The van der Waals surface area contributed by atoms with E-state index < -0.39 is 6.04 Å². The molecule has 1 atom stereocenters. The van der Waals surface area contributed by atoms with Crippen molar-refractivity contribution in [3.63, 3.8) is 0 Å². The van der Waals surface area contributed by atoms with Crippen LogP contribution in [0.5, 0.6) is 0 Å².